The Morgan fingerprint density at radius 1 is 1.21 bits per heavy atom. The zero-order chi connectivity index (χ0) is 17.6. The summed E-state index contributed by atoms with van der Waals surface area (Å²) in [5.41, 5.74) is 1.93. The van der Waals surface area contributed by atoms with Crippen LogP contribution in [0.5, 0.6) is 0 Å². The van der Waals surface area contributed by atoms with Gasteiger partial charge in [-0.2, -0.15) is 0 Å². The van der Waals surface area contributed by atoms with E-state index in [2.05, 4.69) is 27.8 Å². The largest absolute Gasteiger partial charge is 0.444 e. The van der Waals surface area contributed by atoms with E-state index < -0.39 is 11.7 Å². The van der Waals surface area contributed by atoms with Gasteiger partial charge in [0.05, 0.1) is 4.99 Å². The Morgan fingerprint density at radius 2 is 1.92 bits per heavy atom. The maximum absolute atomic E-state index is 11.5. The van der Waals surface area contributed by atoms with Crippen molar-refractivity contribution in [3.63, 3.8) is 0 Å². The number of aromatic nitrogens is 1. The fourth-order valence-corrected chi connectivity index (χ4v) is 2.56. The predicted octanol–water partition coefficient (Wildman–Crippen LogP) is 3.54. The zero-order valence-corrected chi connectivity index (χ0v) is 15.3. The van der Waals surface area contributed by atoms with Gasteiger partial charge in [-0.05, 0) is 38.8 Å². The molecule has 2 rings (SSSR count). The molecule has 0 radical (unpaired) electrons. The molecule has 1 heterocycles. The van der Waals surface area contributed by atoms with Crippen LogP contribution in [0.15, 0.2) is 30.5 Å². The highest BCUT2D eigenvalue weighted by atomic mass is 32.1. The van der Waals surface area contributed by atoms with Crippen LogP contribution < -0.4 is 10.6 Å². The minimum absolute atomic E-state index is 0.408. The maximum Gasteiger partial charge on any atom is 0.407 e. The first-order valence-electron chi connectivity index (χ1n) is 8.14. The molecular formula is C18H25N3O2S. The van der Waals surface area contributed by atoms with Crippen LogP contribution in [0.25, 0.3) is 10.9 Å². The average Bonchev–Trinajstić information content (AvgIpc) is 2.91. The number of thiocarbonyl (C=S) groups is 1. The van der Waals surface area contributed by atoms with E-state index in [0.29, 0.717) is 13.1 Å². The van der Waals surface area contributed by atoms with E-state index in [0.717, 1.165) is 23.3 Å². The minimum Gasteiger partial charge on any atom is -0.444 e. The maximum atomic E-state index is 11.5. The van der Waals surface area contributed by atoms with Gasteiger partial charge in [-0.15, -0.1) is 0 Å². The summed E-state index contributed by atoms with van der Waals surface area (Å²) in [6.07, 6.45) is 3.30. The van der Waals surface area contributed by atoms with Crippen LogP contribution in [-0.2, 0) is 11.2 Å². The molecule has 130 valence electrons. The second kappa shape index (κ2) is 8.15. The summed E-state index contributed by atoms with van der Waals surface area (Å²) in [7, 11) is 0. The molecule has 3 N–H and O–H groups in total. The number of carbonyl (C=O) groups excluding carboxylic acids is 1. The molecule has 24 heavy (non-hydrogen) atoms. The molecule has 1 aromatic carbocycles. The van der Waals surface area contributed by atoms with Crippen LogP contribution in [-0.4, -0.2) is 34.8 Å². The number of aryl methyl sites for hydroxylation is 1. The molecule has 6 heteroatoms. The third kappa shape index (κ3) is 5.85. The quantitative estimate of drug-likeness (QED) is 0.552. The Kier molecular flexibility index (Phi) is 6.20. The van der Waals surface area contributed by atoms with E-state index >= 15 is 0 Å². The van der Waals surface area contributed by atoms with Gasteiger partial charge in [0.25, 0.3) is 0 Å². The summed E-state index contributed by atoms with van der Waals surface area (Å²) in [5.74, 6) is 0. The highest BCUT2D eigenvalue weighted by Crippen LogP contribution is 2.18. The normalized spacial score (nSPS) is 11.3. The van der Waals surface area contributed by atoms with E-state index in [-0.39, 0.29) is 0 Å². The van der Waals surface area contributed by atoms with E-state index in [1.165, 1.54) is 10.9 Å². The van der Waals surface area contributed by atoms with Crippen molar-refractivity contribution in [3.8, 4) is 0 Å². The number of aromatic amines is 1. The van der Waals surface area contributed by atoms with Crippen molar-refractivity contribution >= 4 is 34.2 Å². The first-order valence-corrected chi connectivity index (χ1v) is 8.54. The number of hydrogen-bond acceptors (Lipinski definition) is 3. The van der Waals surface area contributed by atoms with Gasteiger partial charge in [-0.25, -0.2) is 4.79 Å². The van der Waals surface area contributed by atoms with Crippen LogP contribution in [0.3, 0.4) is 0 Å². The highest BCUT2D eigenvalue weighted by molar-refractivity contribution is 7.80. The molecule has 0 atom stereocenters. The van der Waals surface area contributed by atoms with Crippen molar-refractivity contribution in [1.82, 2.24) is 15.6 Å². The van der Waals surface area contributed by atoms with Crippen LogP contribution in [0, 0.1) is 0 Å². The lowest BCUT2D eigenvalue weighted by Crippen LogP contribution is -2.37. The summed E-state index contributed by atoms with van der Waals surface area (Å²) < 4.78 is 5.17. The van der Waals surface area contributed by atoms with E-state index in [1.54, 1.807) is 0 Å². The number of H-pyrrole nitrogens is 1. The van der Waals surface area contributed by atoms with Gasteiger partial charge in [0, 0.05) is 36.6 Å². The van der Waals surface area contributed by atoms with E-state index in [1.807, 2.05) is 39.1 Å². The fourth-order valence-electron chi connectivity index (χ4n) is 2.36. The van der Waals surface area contributed by atoms with Crippen molar-refractivity contribution in [2.24, 2.45) is 0 Å². The number of carbonyl (C=O) groups is 1. The number of alkyl carbamates (subject to hydrolysis) is 1. The van der Waals surface area contributed by atoms with E-state index in [4.69, 9.17) is 17.0 Å². The monoisotopic (exact) mass is 347 g/mol. The third-order valence-corrected chi connectivity index (χ3v) is 3.76. The summed E-state index contributed by atoms with van der Waals surface area (Å²) in [6.45, 7) is 6.58. The van der Waals surface area contributed by atoms with Crippen LogP contribution in [0.4, 0.5) is 4.79 Å². The Bertz CT molecular complexity index is 704. The van der Waals surface area contributed by atoms with Gasteiger partial charge in [-0.3, -0.25) is 0 Å². The number of ether oxygens (including phenoxy) is 1. The average molecular weight is 347 g/mol. The number of para-hydroxylation sites is 1. The number of fused-ring (bicyclic) bond motifs is 1. The van der Waals surface area contributed by atoms with E-state index in [9.17, 15) is 4.79 Å². The van der Waals surface area contributed by atoms with Crippen LogP contribution >= 0.6 is 12.2 Å². The molecule has 0 aliphatic carbocycles. The Balaban J connectivity index is 1.66. The van der Waals surface area contributed by atoms with Gasteiger partial charge in [0.2, 0.25) is 0 Å². The molecule has 1 aromatic heterocycles. The van der Waals surface area contributed by atoms with Gasteiger partial charge in [-0.1, -0.05) is 30.4 Å². The summed E-state index contributed by atoms with van der Waals surface area (Å²) in [6, 6.07) is 8.24. The number of benzene rings is 1. The number of rotatable bonds is 6. The second-order valence-corrected chi connectivity index (χ2v) is 7.13. The zero-order valence-electron chi connectivity index (χ0n) is 14.4. The fraction of sp³-hybridized carbons (Fsp3) is 0.444. The lowest BCUT2D eigenvalue weighted by atomic mass is 10.1. The molecule has 1 amide bonds. The molecule has 0 saturated carbocycles. The first kappa shape index (κ1) is 18.3. The van der Waals surface area contributed by atoms with Gasteiger partial charge < -0.3 is 20.4 Å². The van der Waals surface area contributed by atoms with Crippen LogP contribution in [0.1, 0.15) is 32.8 Å². The van der Waals surface area contributed by atoms with Gasteiger partial charge in [0.15, 0.2) is 0 Å². The molecule has 0 fully saturated rings. The van der Waals surface area contributed by atoms with Gasteiger partial charge in [0.1, 0.15) is 5.60 Å². The number of nitrogens with one attached hydrogen (secondary N) is 3. The van der Waals surface area contributed by atoms with Crippen molar-refractivity contribution in [2.75, 3.05) is 13.1 Å². The van der Waals surface area contributed by atoms with Crippen LogP contribution in [0.2, 0.25) is 0 Å². The molecule has 0 unspecified atom stereocenters. The predicted molar refractivity (Wildman–Crippen MR) is 101 cm³/mol. The molecule has 0 aliphatic heterocycles. The SMILES string of the molecule is CC(C)(C)OC(=O)NCCNC(=S)CCc1c[nH]c2ccccc12. The topological polar surface area (TPSA) is 66.2 Å². The molecule has 0 bridgehead atoms. The lowest BCUT2D eigenvalue weighted by molar-refractivity contribution is 0.0529. The Hall–Kier alpha value is -2.08. The smallest absolute Gasteiger partial charge is 0.407 e. The van der Waals surface area contributed by atoms with Gasteiger partial charge >= 0.3 is 6.09 Å². The number of hydrogen-bond donors (Lipinski definition) is 3. The second-order valence-electron chi connectivity index (χ2n) is 6.64. The lowest BCUT2D eigenvalue weighted by Gasteiger charge is -2.19. The molecular weight excluding hydrogens is 322 g/mol. The Labute approximate surface area is 148 Å². The number of amides is 1. The first-order chi connectivity index (χ1) is 11.3. The summed E-state index contributed by atoms with van der Waals surface area (Å²) in [5, 5.41) is 7.10. The summed E-state index contributed by atoms with van der Waals surface area (Å²) >= 11 is 5.35. The van der Waals surface area contributed by atoms with Crippen molar-refractivity contribution in [1.29, 1.82) is 0 Å². The molecule has 0 saturated heterocycles. The standard InChI is InChI=1S/C18H25N3O2S/c1-18(2,3)23-17(22)20-11-10-19-16(24)9-8-13-12-21-15-7-5-4-6-14(13)15/h4-7,12,21H,8-11H2,1-3H3,(H,19,24)(H,20,22). The molecule has 0 spiro atoms. The molecule has 0 aliphatic rings. The minimum atomic E-state index is -0.480. The highest BCUT2D eigenvalue weighted by Gasteiger charge is 2.15. The third-order valence-electron chi connectivity index (χ3n) is 3.41. The summed E-state index contributed by atoms with van der Waals surface area (Å²) in [4.78, 5) is 15.6. The van der Waals surface area contributed by atoms with Crippen molar-refractivity contribution < 1.29 is 9.53 Å². The van der Waals surface area contributed by atoms with Crippen molar-refractivity contribution in [2.45, 2.75) is 39.2 Å². The molecule has 2 aromatic rings. The molecule has 5 nitrogen and oxygen atoms in total. The van der Waals surface area contributed by atoms with Crippen molar-refractivity contribution in [3.05, 3.63) is 36.0 Å². The Morgan fingerprint density at radius 3 is 2.67 bits per heavy atom.